The quantitative estimate of drug-likeness (QED) is 0.814. The average Bonchev–Trinajstić information content (AvgIpc) is 3.15. The van der Waals surface area contributed by atoms with Crippen LogP contribution >= 0.6 is 0 Å². The van der Waals surface area contributed by atoms with Crippen LogP contribution in [-0.4, -0.2) is 56.4 Å². The summed E-state index contributed by atoms with van der Waals surface area (Å²) < 4.78 is 2.01. The lowest BCUT2D eigenvalue weighted by molar-refractivity contribution is -0.133. The first-order valence-corrected chi connectivity index (χ1v) is 8.61. The number of pyridine rings is 1. The number of aryl methyl sites for hydroxylation is 1. The van der Waals surface area contributed by atoms with Crippen LogP contribution < -0.4 is 0 Å². The fraction of sp³-hybridized carbons (Fsp3) is 0.500. The lowest BCUT2D eigenvalue weighted by atomic mass is 10.1. The van der Waals surface area contributed by atoms with Gasteiger partial charge in [0.2, 0.25) is 5.91 Å². The summed E-state index contributed by atoms with van der Waals surface area (Å²) in [6.07, 6.45) is 10.7. The summed E-state index contributed by atoms with van der Waals surface area (Å²) in [5.41, 5.74) is 1.23. The molecular weight excluding hydrogens is 302 g/mol. The smallest absolute Gasteiger partial charge is 0.222 e. The van der Waals surface area contributed by atoms with Crippen molar-refractivity contribution >= 4 is 5.91 Å². The van der Waals surface area contributed by atoms with Crippen molar-refractivity contribution in [2.75, 3.05) is 26.2 Å². The zero-order valence-corrected chi connectivity index (χ0v) is 14.2. The lowest BCUT2D eigenvalue weighted by Crippen LogP contribution is -2.49. The molecule has 0 bridgehead atoms. The minimum atomic E-state index is 0.267. The van der Waals surface area contributed by atoms with Gasteiger partial charge in [-0.15, -0.1) is 0 Å². The molecule has 128 valence electrons. The van der Waals surface area contributed by atoms with Gasteiger partial charge in [-0.05, 0) is 25.0 Å². The summed E-state index contributed by atoms with van der Waals surface area (Å²) in [5.74, 6) is 0.267. The maximum atomic E-state index is 12.3. The molecule has 0 aliphatic carbocycles. The van der Waals surface area contributed by atoms with Crippen LogP contribution in [0.25, 0.3) is 0 Å². The Balaban J connectivity index is 1.42. The molecule has 1 saturated heterocycles. The van der Waals surface area contributed by atoms with Crippen LogP contribution in [0.5, 0.6) is 0 Å². The molecule has 2 aromatic heterocycles. The van der Waals surface area contributed by atoms with E-state index in [1.807, 2.05) is 27.9 Å². The largest absolute Gasteiger partial charge is 0.340 e. The number of amides is 1. The highest BCUT2D eigenvalue weighted by Crippen LogP contribution is 2.20. The first kappa shape index (κ1) is 16.6. The predicted molar refractivity (Wildman–Crippen MR) is 92.3 cm³/mol. The highest BCUT2D eigenvalue weighted by Gasteiger charge is 2.24. The van der Waals surface area contributed by atoms with Gasteiger partial charge in [-0.25, -0.2) is 4.98 Å². The zero-order valence-electron chi connectivity index (χ0n) is 14.2. The summed E-state index contributed by atoms with van der Waals surface area (Å²) in [4.78, 5) is 25.0. The molecule has 3 heterocycles. The Bertz CT molecular complexity index is 620. The second kappa shape index (κ2) is 8.06. The molecule has 0 N–H and O–H groups in total. The van der Waals surface area contributed by atoms with Gasteiger partial charge < -0.3 is 9.47 Å². The number of imidazole rings is 1. The number of nitrogens with zero attached hydrogens (tertiary/aromatic N) is 5. The van der Waals surface area contributed by atoms with Gasteiger partial charge in [-0.2, -0.15) is 0 Å². The first-order chi connectivity index (χ1) is 11.7. The fourth-order valence-corrected chi connectivity index (χ4v) is 3.18. The Kier molecular flexibility index (Phi) is 5.59. The maximum Gasteiger partial charge on any atom is 0.222 e. The number of rotatable bonds is 6. The molecule has 1 aliphatic rings. The van der Waals surface area contributed by atoms with Crippen LogP contribution in [0.1, 0.15) is 31.4 Å². The SMILES string of the molecule is C[C@@H](c1cccnc1)N1CCN(C(=O)CCCn2ccnc2)CC1. The van der Waals surface area contributed by atoms with Gasteiger partial charge in [-0.3, -0.25) is 14.7 Å². The summed E-state index contributed by atoms with van der Waals surface area (Å²) >= 11 is 0. The van der Waals surface area contributed by atoms with E-state index < -0.39 is 0 Å². The number of hydrogen-bond donors (Lipinski definition) is 0. The van der Waals surface area contributed by atoms with E-state index in [9.17, 15) is 4.79 Å². The number of hydrogen-bond acceptors (Lipinski definition) is 4. The molecule has 0 unspecified atom stereocenters. The first-order valence-electron chi connectivity index (χ1n) is 8.61. The van der Waals surface area contributed by atoms with Crippen LogP contribution in [0.15, 0.2) is 43.2 Å². The molecule has 24 heavy (non-hydrogen) atoms. The van der Waals surface area contributed by atoms with Crippen molar-refractivity contribution in [2.24, 2.45) is 0 Å². The third kappa shape index (κ3) is 4.20. The van der Waals surface area contributed by atoms with Crippen LogP contribution in [0, 0.1) is 0 Å². The van der Waals surface area contributed by atoms with Crippen molar-refractivity contribution in [2.45, 2.75) is 32.4 Å². The van der Waals surface area contributed by atoms with E-state index in [0.29, 0.717) is 12.5 Å². The minimum absolute atomic E-state index is 0.267. The average molecular weight is 327 g/mol. The van der Waals surface area contributed by atoms with Gasteiger partial charge in [0.15, 0.2) is 0 Å². The lowest BCUT2D eigenvalue weighted by Gasteiger charge is -2.38. The molecule has 1 amide bonds. The van der Waals surface area contributed by atoms with Crippen molar-refractivity contribution in [3.63, 3.8) is 0 Å². The normalized spacial score (nSPS) is 17.0. The Morgan fingerprint density at radius 1 is 1.21 bits per heavy atom. The fourth-order valence-electron chi connectivity index (χ4n) is 3.18. The predicted octanol–water partition coefficient (Wildman–Crippen LogP) is 1.96. The van der Waals surface area contributed by atoms with E-state index in [0.717, 1.165) is 39.1 Å². The molecule has 6 nitrogen and oxygen atoms in total. The van der Waals surface area contributed by atoms with Crippen LogP contribution in [0.4, 0.5) is 0 Å². The second-order valence-corrected chi connectivity index (χ2v) is 6.28. The zero-order chi connectivity index (χ0) is 16.8. The highest BCUT2D eigenvalue weighted by molar-refractivity contribution is 5.76. The van der Waals surface area contributed by atoms with Crippen molar-refractivity contribution in [3.8, 4) is 0 Å². The van der Waals surface area contributed by atoms with E-state index in [1.165, 1.54) is 5.56 Å². The monoisotopic (exact) mass is 327 g/mol. The molecule has 0 aromatic carbocycles. The molecule has 1 atom stereocenters. The van der Waals surface area contributed by atoms with Gasteiger partial charge in [0.25, 0.3) is 0 Å². The third-order valence-corrected chi connectivity index (χ3v) is 4.75. The summed E-state index contributed by atoms with van der Waals surface area (Å²) in [6.45, 7) is 6.53. The summed E-state index contributed by atoms with van der Waals surface area (Å²) in [7, 11) is 0. The number of aromatic nitrogens is 3. The molecule has 6 heteroatoms. The van der Waals surface area contributed by atoms with Gasteiger partial charge in [0, 0.05) is 70.0 Å². The van der Waals surface area contributed by atoms with Crippen LogP contribution in [-0.2, 0) is 11.3 Å². The minimum Gasteiger partial charge on any atom is -0.340 e. The van der Waals surface area contributed by atoms with E-state index >= 15 is 0 Å². The van der Waals surface area contributed by atoms with E-state index in [1.54, 1.807) is 18.7 Å². The molecular formula is C18H25N5O. The van der Waals surface area contributed by atoms with Gasteiger partial charge >= 0.3 is 0 Å². The van der Waals surface area contributed by atoms with Gasteiger partial charge in [0.1, 0.15) is 0 Å². The van der Waals surface area contributed by atoms with E-state index in [-0.39, 0.29) is 5.91 Å². The Morgan fingerprint density at radius 2 is 2.04 bits per heavy atom. The standard InChI is InChI=1S/C18H25N5O/c1-16(17-4-2-6-19-14-17)22-10-12-23(13-11-22)18(24)5-3-8-21-9-7-20-15-21/h2,4,6-7,9,14-16H,3,5,8,10-13H2,1H3/t16-/m0/s1. The number of piperazine rings is 1. The Morgan fingerprint density at radius 3 is 2.71 bits per heavy atom. The molecule has 0 saturated carbocycles. The second-order valence-electron chi connectivity index (χ2n) is 6.28. The summed E-state index contributed by atoms with van der Waals surface area (Å²) in [6, 6.07) is 4.44. The van der Waals surface area contributed by atoms with Crippen molar-refractivity contribution in [1.82, 2.24) is 24.3 Å². The molecule has 0 spiro atoms. The number of carbonyl (C=O) groups excluding carboxylic acids is 1. The molecule has 0 radical (unpaired) electrons. The van der Waals surface area contributed by atoms with Gasteiger partial charge in [-0.1, -0.05) is 6.07 Å². The van der Waals surface area contributed by atoms with Crippen molar-refractivity contribution < 1.29 is 4.79 Å². The van der Waals surface area contributed by atoms with Crippen molar-refractivity contribution in [3.05, 3.63) is 48.8 Å². The molecule has 2 aromatic rings. The van der Waals surface area contributed by atoms with Crippen molar-refractivity contribution in [1.29, 1.82) is 0 Å². The summed E-state index contributed by atoms with van der Waals surface area (Å²) in [5, 5.41) is 0. The topological polar surface area (TPSA) is 54.3 Å². The van der Waals surface area contributed by atoms with E-state index in [4.69, 9.17) is 0 Å². The third-order valence-electron chi connectivity index (χ3n) is 4.75. The highest BCUT2D eigenvalue weighted by atomic mass is 16.2. The van der Waals surface area contributed by atoms with Crippen LogP contribution in [0.2, 0.25) is 0 Å². The molecule has 3 rings (SSSR count). The molecule has 1 fully saturated rings. The van der Waals surface area contributed by atoms with Crippen LogP contribution in [0.3, 0.4) is 0 Å². The molecule has 1 aliphatic heterocycles. The number of carbonyl (C=O) groups is 1. The Labute approximate surface area is 143 Å². The van der Waals surface area contributed by atoms with Gasteiger partial charge in [0.05, 0.1) is 6.33 Å². The maximum absolute atomic E-state index is 12.3. The van der Waals surface area contributed by atoms with E-state index in [2.05, 4.69) is 27.9 Å². The Hall–Kier alpha value is -2.21.